The fourth-order valence-corrected chi connectivity index (χ4v) is 2.05. The lowest BCUT2D eigenvalue weighted by molar-refractivity contribution is -0.121. The fourth-order valence-electron chi connectivity index (χ4n) is 2.05. The van der Waals surface area contributed by atoms with Gasteiger partial charge in [-0.2, -0.15) is 0 Å². The number of β-amino-alcohol motifs (C(OH)–C–C–N with tert-alkyl or cyclic N) is 1. The number of aliphatic hydroxyl groups is 1. The van der Waals surface area contributed by atoms with Gasteiger partial charge in [0.15, 0.2) is 0 Å². The summed E-state index contributed by atoms with van der Waals surface area (Å²) in [7, 11) is 0. The number of nitrogens with two attached hydrogens (primary N) is 1. The molecule has 0 aromatic heterocycles. The number of benzene rings is 1. The Morgan fingerprint density at radius 2 is 1.94 bits per heavy atom. The molecule has 0 aliphatic carbocycles. The zero-order valence-electron chi connectivity index (χ0n) is 9.24. The summed E-state index contributed by atoms with van der Waals surface area (Å²) in [5, 5.41) is 9.51. The number of aliphatic hydroxyl groups excluding tert-OH is 1. The van der Waals surface area contributed by atoms with E-state index in [1.807, 2.05) is 0 Å². The summed E-state index contributed by atoms with van der Waals surface area (Å²) < 4.78 is 0. The van der Waals surface area contributed by atoms with E-state index in [9.17, 15) is 14.7 Å². The van der Waals surface area contributed by atoms with E-state index >= 15 is 0 Å². The van der Waals surface area contributed by atoms with Gasteiger partial charge in [0.25, 0.3) is 5.91 Å². The van der Waals surface area contributed by atoms with Crippen molar-refractivity contribution >= 4 is 11.8 Å². The Morgan fingerprint density at radius 1 is 1.29 bits per heavy atom. The lowest BCUT2D eigenvalue weighted by Crippen LogP contribution is -2.43. The summed E-state index contributed by atoms with van der Waals surface area (Å²) in [5.41, 5.74) is 5.72. The number of hydrogen-bond donors (Lipinski definition) is 2. The molecule has 1 aliphatic heterocycles. The Balaban J connectivity index is 2.22. The summed E-state index contributed by atoms with van der Waals surface area (Å²) in [6, 6.07) is 7.94. The third kappa shape index (κ3) is 2.29. The standard InChI is InChI=1S/C12H14N2O3/c13-11(16)10-6-9(15)7-14(10)12(17)8-4-2-1-3-5-8/h1-5,9-10,15H,6-7H2,(H2,13,16)/t9-,10-/m0/s1. The van der Waals surface area contributed by atoms with E-state index in [0.29, 0.717) is 5.56 Å². The first kappa shape index (κ1) is 11.6. The van der Waals surface area contributed by atoms with E-state index < -0.39 is 18.1 Å². The van der Waals surface area contributed by atoms with Crippen LogP contribution in [0, 0.1) is 0 Å². The van der Waals surface area contributed by atoms with Crippen LogP contribution in [0.2, 0.25) is 0 Å². The van der Waals surface area contributed by atoms with Crippen molar-refractivity contribution in [1.82, 2.24) is 4.90 Å². The number of nitrogens with zero attached hydrogens (tertiary/aromatic N) is 1. The van der Waals surface area contributed by atoms with Crippen LogP contribution in [0.4, 0.5) is 0 Å². The van der Waals surface area contributed by atoms with E-state index in [4.69, 9.17) is 5.73 Å². The van der Waals surface area contributed by atoms with Crippen LogP contribution in [0.15, 0.2) is 30.3 Å². The highest BCUT2D eigenvalue weighted by Gasteiger charge is 2.37. The zero-order chi connectivity index (χ0) is 12.4. The third-order valence-electron chi connectivity index (χ3n) is 2.89. The molecule has 5 heteroatoms. The number of amides is 2. The molecule has 1 fully saturated rings. The largest absolute Gasteiger partial charge is 0.391 e. The van der Waals surface area contributed by atoms with Gasteiger partial charge in [-0.1, -0.05) is 18.2 Å². The van der Waals surface area contributed by atoms with Crippen LogP contribution in [0.5, 0.6) is 0 Å². The molecule has 1 heterocycles. The van der Waals surface area contributed by atoms with Gasteiger partial charge in [-0.25, -0.2) is 0 Å². The maximum Gasteiger partial charge on any atom is 0.254 e. The summed E-state index contributed by atoms with van der Waals surface area (Å²) in [6.45, 7) is 0.154. The van der Waals surface area contributed by atoms with Crippen LogP contribution in [0.3, 0.4) is 0 Å². The summed E-state index contributed by atoms with van der Waals surface area (Å²) >= 11 is 0. The van der Waals surface area contributed by atoms with Gasteiger partial charge in [0.2, 0.25) is 5.91 Å². The van der Waals surface area contributed by atoms with Crippen molar-refractivity contribution in [2.75, 3.05) is 6.54 Å². The first-order valence-electron chi connectivity index (χ1n) is 5.43. The molecule has 1 saturated heterocycles. The number of hydrogen-bond acceptors (Lipinski definition) is 3. The van der Waals surface area contributed by atoms with Gasteiger partial charge in [-0.3, -0.25) is 9.59 Å². The van der Waals surface area contributed by atoms with Crippen molar-refractivity contribution in [3.05, 3.63) is 35.9 Å². The second-order valence-electron chi connectivity index (χ2n) is 4.13. The molecule has 5 nitrogen and oxygen atoms in total. The van der Waals surface area contributed by atoms with Gasteiger partial charge in [0.1, 0.15) is 6.04 Å². The number of likely N-dealkylation sites (tertiary alicyclic amines) is 1. The molecule has 1 aliphatic rings. The van der Waals surface area contributed by atoms with Crippen LogP contribution < -0.4 is 5.73 Å². The molecular weight excluding hydrogens is 220 g/mol. The predicted octanol–water partition coefficient (Wildman–Crippen LogP) is -0.253. The molecule has 3 N–H and O–H groups in total. The fraction of sp³-hybridized carbons (Fsp3) is 0.333. The highest BCUT2D eigenvalue weighted by Crippen LogP contribution is 2.20. The van der Waals surface area contributed by atoms with Crippen LogP contribution in [-0.4, -0.2) is 40.5 Å². The van der Waals surface area contributed by atoms with Gasteiger partial charge in [0.05, 0.1) is 6.10 Å². The van der Waals surface area contributed by atoms with Crippen LogP contribution in [0.25, 0.3) is 0 Å². The Kier molecular flexibility index (Phi) is 3.10. The zero-order valence-corrected chi connectivity index (χ0v) is 9.24. The Bertz CT molecular complexity index is 433. The lowest BCUT2D eigenvalue weighted by atomic mass is 10.1. The summed E-state index contributed by atoms with van der Waals surface area (Å²) in [4.78, 5) is 24.7. The topological polar surface area (TPSA) is 83.6 Å². The van der Waals surface area contributed by atoms with Gasteiger partial charge in [0, 0.05) is 18.5 Å². The molecule has 0 radical (unpaired) electrons. The average Bonchev–Trinajstić information content (AvgIpc) is 2.72. The third-order valence-corrected chi connectivity index (χ3v) is 2.89. The predicted molar refractivity (Wildman–Crippen MR) is 61.1 cm³/mol. The van der Waals surface area contributed by atoms with Crippen molar-refractivity contribution in [1.29, 1.82) is 0 Å². The molecule has 90 valence electrons. The quantitative estimate of drug-likeness (QED) is 0.740. The van der Waals surface area contributed by atoms with E-state index in [-0.39, 0.29) is 18.9 Å². The van der Waals surface area contributed by atoms with E-state index in [1.165, 1.54) is 4.90 Å². The highest BCUT2D eigenvalue weighted by molar-refractivity contribution is 5.97. The Hall–Kier alpha value is -1.88. The number of primary amides is 1. The highest BCUT2D eigenvalue weighted by atomic mass is 16.3. The summed E-state index contributed by atoms with van der Waals surface area (Å²) in [6.07, 6.45) is -0.464. The minimum Gasteiger partial charge on any atom is -0.391 e. The monoisotopic (exact) mass is 234 g/mol. The van der Waals surface area contributed by atoms with E-state index in [0.717, 1.165) is 0 Å². The van der Waals surface area contributed by atoms with Gasteiger partial charge in [-0.15, -0.1) is 0 Å². The van der Waals surface area contributed by atoms with Crippen LogP contribution >= 0.6 is 0 Å². The molecule has 0 spiro atoms. The van der Waals surface area contributed by atoms with Crippen LogP contribution in [0.1, 0.15) is 16.8 Å². The molecule has 2 atom stereocenters. The average molecular weight is 234 g/mol. The van der Waals surface area contributed by atoms with E-state index in [2.05, 4.69) is 0 Å². The molecular formula is C12H14N2O3. The van der Waals surface area contributed by atoms with Crippen molar-refractivity contribution in [2.45, 2.75) is 18.6 Å². The minimum atomic E-state index is -0.710. The van der Waals surface area contributed by atoms with Gasteiger partial charge >= 0.3 is 0 Å². The normalized spacial score (nSPS) is 23.7. The number of carbonyl (C=O) groups excluding carboxylic acids is 2. The first-order chi connectivity index (χ1) is 8.09. The smallest absolute Gasteiger partial charge is 0.254 e. The molecule has 0 saturated carbocycles. The SMILES string of the molecule is NC(=O)[C@@H]1C[C@H](O)CN1C(=O)c1ccccc1. The maximum absolute atomic E-state index is 12.1. The molecule has 0 bridgehead atoms. The van der Waals surface area contributed by atoms with E-state index in [1.54, 1.807) is 30.3 Å². The Labute approximate surface area is 98.8 Å². The molecule has 17 heavy (non-hydrogen) atoms. The van der Waals surface area contributed by atoms with Crippen molar-refractivity contribution in [3.8, 4) is 0 Å². The molecule has 1 aromatic rings. The molecule has 0 unspecified atom stereocenters. The minimum absolute atomic E-state index is 0.154. The van der Waals surface area contributed by atoms with Gasteiger partial charge in [-0.05, 0) is 12.1 Å². The number of carbonyl (C=O) groups is 2. The van der Waals surface area contributed by atoms with Crippen molar-refractivity contribution in [3.63, 3.8) is 0 Å². The molecule has 2 rings (SSSR count). The second kappa shape index (κ2) is 4.55. The lowest BCUT2D eigenvalue weighted by Gasteiger charge is -2.21. The maximum atomic E-state index is 12.1. The molecule has 2 amide bonds. The Morgan fingerprint density at radius 3 is 2.53 bits per heavy atom. The second-order valence-corrected chi connectivity index (χ2v) is 4.13. The number of rotatable bonds is 2. The van der Waals surface area contributed by atoms with Crippen LogP contribution in [-0.2, 0) is 4.79 Å². The van der Waals surface area contributed by atoms with Crippen molar-refractivity contribution < 1.29 is 14.7 Å². The first-order valence-corrected chi connectivity index (χ1v) is 5.43. The van der Waals surface area contributed by atoms with Gasteiger partial charge < -0.3 is 15.7 Å². The summed E-state index contributed by atoms with van der Waals surface area (Å²) in [5.74, 6) is -0.850. The molecule has 1 aromatic carbocycles. The van der Waals surface area contributed by atoms with Crippen molar-refractivity contribution in [2.24, 2.45) is 5.73 Å².